The Labute approximate surface area is 121 Å². The van der Waals surface area contributed by atoms with Gasteiger partial charge >= 0.3 is 5.97 Å². The Hall–Kier alpha value is -1.32. The number of ether oxygens (including phenoxy) is 1. The average molecular weight is 284 g/mol. The third kappa shape index (κ3) is 5.45. The molecule has 1 unspecified atom stereocenters. The third-order valence-electron chi connectivity index (χ3n) is 2.69. The number of carbonyl (C=O) groups excluding carboxylic acids is 1. The highest BCUT2D eigenvalue weighted by Gasteiger charge is 2.23. The molecule has 0 saturated heterocycles. The molecule has 0 amide bonds. The van der Waals surface area contributed by atoms with Crippen molar-refractivity contribution in [3.63, 3.8) is 0 Å². The summed E-state index contributed by atoms with van der Waals surface area (Å²) in [7, 11) is 0. The summed E-state index contributed by atoms with van der Waals surface area (Å²) in [5, 5.41) is 3.27. The van der Waals surface area contributed by atoms with Gasteiger partial charge < -0.3 is 4.74 Å². The number of carbonyl (C=O) groups is 1. The number of hydrogen-bond donors (Lipinski definition) is 1. The maximum absolute atomic E-state index is 11.4. The van der Waals surface area contributed by atoms with Gasteiger partial charge in [0.15, 0.2) is 6.23 Å². The van der Waals surface area contributed by atoms with Crippen LogP contribution in [0, 0.1) is 0 Å². The molecular formula is C15H22ClNO2. The molecule has 106 valence electrons. The Morgan fingerprint density at radius 1 is 1.32 bits per heavy atom. The van der Waals surface area contributed by atoms with Crippen LogP contribution in [0.2, 0.25) is 0 Å². The molecule has 1 N–H and O–H groups in total. The number of rotatable bonds is 5. The summed E-state index contributed by atoms with van der Waals surface area (Å²) in [6.07, 6.45) is -0.371. The summed E-state index contributed by atoms with van der Waals surface area (Å²) in [6.45, 7) is 11.1. The van der Waals surface area contributed by atoms with Gasteiger partial charge in [0.2, 0.25) is 0 Å². The molecule has 3 nitrogen and oxygen atoms in total. The largest absolute Gasteiger partial charge is 0.444 e. The second-order valence-electron chi connectivity index (χ2n) is 4.96. The van der Waals surface area contributed by atoms with Gasteiger partial charge in [-0.3, -0.25) is 5.32 Å². The van der Waals surface area contributed by atoms with Crippen molar-refractivity contribution in [3.8, 4) is 0 Å². The van der Waals surface area contributed by atoms with Gasteiger partial charge in [-0.2, -0.15) is 0 Å². The van der Waals surface area contributed by atoms with Crippen LogP contribution in [0.25, 0.3) is 0 Å². The quantitative estimate of drug-likeness (QED) is 0.511. The molecule has 0 radical (unpaired) electrons. The lowest BCUT2D eigenvalue weighted by molar-refractivity contribution is -0.145. The number of hydrogen-bond acceptors (Lipinski definition) is 3. The standard InChI is InChI=1S/C15H21NO2.ClH/c1-11(2)14(17)18-12(3)16-15(4,5)13-9-7-6-8-10-13;/h6-10,12,16H,1H2,2-5H3;1H. The molecule has 0 aromatic heterocycles. The van der Waals surface area contributed by atoms with E-state index in [2.05, 4.69) is 11.9 Å². The van der Waals surface area contributed by atoms with E-state index >= 15 is 0 Å². The van der Waals surface area contributed by atoms with E-state index in [1.165, 1.54) is 0 Å². The molecule has 0 spiro atoms. The van der Waals surface area contributed by atoms with Crippen LogP contribution >= 0.6 is 12.4 Å². The predicted octanol–water partition coefficient (Wildman–Crippen LogP) is 3.40. The second kappa shape index (κ2) is 7.31. The monoisotopic (exact) mass is 283 g/mol. The van der Waals surface area contributed by atoms with E-state index in [0.717, 1.165) is 5.56 Å². The molecule has 0 aliphatic carbocycles. The molecular weight excluding hydrogens is 262 g/mol. The van der Waals surface area contributed by atoms with Crippen LogP contribution in [0.1, 0.15) is 33.3 Å². The smallest absolute Gasteiger partial charge is 0.334 e. The maximum Gasteiger partial charge on any atom is 0.334 e. The van der Waals surface area contributed by atoms with Gasteiger partial charge in [0.25, 0.3) is 0 Å². The highest BCUT2D eigenvalue weighted by atomic mass is 35.5. The minimum atomic E-state index is -0.376. The SMILES string of the molecule is C=C(C)C(=O)OC(C)NC(C)(C)c1ccccc1.Cl. The fraction of sp³-hybridized carbons (Fsp3) is 0.400. The molecule has 1 aromatic rings. The Balaban J connectivity index is 0.00000324. The van der Waals surface area contributed by atoms with Crippen molar-refractivity contribution in [1.82, 2.24) is 5.32 Å². The van der Waals surface area contributed by atoms with Crippen LogP contribution in [0.15, 0.2) is 42.5 Å². The topological polar surface area (TPSA) is 38.3 Å². The molecule has 0 saturated carbocycles. The first kappa shape index (κ1) is 17.7. The van der Waals surface area contributed by atoms with Crippen LogP contribution in [0.3, 0.4) is 0 Å². The van der Waals surface area contributed by atoms with Crippen molar-refractivity contribution in [3.05, 3.63) is 48.0 Å². The van der Waals surface area contributed by atoms with E-state index in [9.17, 15) is 4.79 Å². The number of halogens is 1. The fourth-order valence-corrected chi connectivity index (χ4v) is 1.74. The summed E-state index contributed by atoms with van der Waals surface area (Å²) in [5.74, 6) is -0.376. The Bertz CT molecular complexity index is 429. The molecule has 0 aliphatic heterocycles. The van der Waals surface area contributed by atoms with E-state index < -0.39 is 0 Å². The zero-order chi connectivity index (χ0) is 13.8. The summed E-state index contributed by atoms with van der Waals surface area (Å²) in [5.41, 5.74) is 1.28. The highest BCUT2D eigenvalue weighted by molar-refractivity contribution is 5.87. The van der Waals surface area contributed by atoms with E-state index in [-0.39, 0.29) is 30.1 Å². The molecule has 1 rings (SSSR count). The molecule has 0 fully saturated rings. The zero-order valence-electron chi connectivity index (χ0n) is 11.9. The summed E-state index contributed by atoms with van der Waals surface area (Å²) in [6, 6.07) is 10.0. The van der Waals surface area contributed by atoms with E-state index in [4.69, 9.17) is 4.74 Å². The van der Waals surface area contributed by atoms with Gasteiger partial charge in [-0.05, 0) is 33.3 Å². The van der Waals surface area contributed by atoms with E-state index in [1.807, 2.05) is 51.1 Å². The van der Waals surface area contributed by atoms with Gasteiger partial charge in [-0.25, -0.2) is 4.79 Å². The predicted molar refractivity (Wildman–Crippen MR) is 80.2 cm³/mol. The third-order valence-corrected chi connectivity index (χ3v) is 2.69. The first-order valence-corrected chi connectivity index (χ1v) is 6.02. The Morgan fingerprint density at radius 2 is 1.84 bits per heavy atom. The van der Waals surface area contributed by atoms with E-state index in [0.29, 0.717) is 5.57 Å². The van der Waals surface area contributed by atoms with Crippen LogP contribution in [-0.2, 0) is 15.1 Å². The molecule has 19 heavy (non-hydrogen) atoms. The maximum atomic E-state index is 11.4. The van der Waals surface area contributed by atoms with Gasteiger partial charge in [0, 0.05) is 11.1 Å². The van der Waals surface area contributed by atoms with Gasteiger partial charge in [0.05, 0.1) is 0 Å². The molecule has 4 heteroatoms. The number of esters is 1. The lowest BCUT2D eigenvalue weighted by Crippen LogP contribution is -2.44. The molecule has 1 atom stereocenters. The van der Waals surface area contributed by atoms with Crippen LogP contribution in [0.5, 0.6) is 0 Å². The minimum Gasteiger partial charge on any atom is -0.444 e. The summed E-state index contributed by atoms with van der Waals surface area (Å²) < 4.78 is 5.22. The van der Waals surface area contributed by atoms with Gasteiger partial charge in [-0.1, -0.05) is 36.9 Å². The van der Waals surface area contributed by atoms with Crippen LogP contribution in [0.4, 0.5) is 0 Å². The summed E-state index contributed by atoms with van der Waals surface area (Å²) >= 11 is 0. The lowest BCUT2D eigenvalue weighted by Gasteiger charge is -2.30. The average Bonchev–Trinajstić information content (AvgIpc) is 2.29. The minimum absolute atomic E-state index is 0. The molecule has 0 bridgehead atoms. The first-order valence-electron chi connectivity index (χ1n) is 6.02. The van der Waals surface area contributed by atoms with Crippen molar-refractivity contribution in [2.75, 3.05) is 0 Å². The first-order chi connectivity index (χ1) is 8.33. The van der Waals surface area contributed by atoms with Crippen LogP contribution in [-0.4, -0.2) is 12.2 Å². The van der Waals surface area contributed by atoms with Crippen molar-refractivity contribution < 1.29 is 9.53 Å². The Kier molecular flexibility index (Phi) is 6.81. The molecule has 0 heterocycles. The van der Waals surface area contributed by atoms with Crippen molar-refractivity contribution >= 4 is 18.4 Å². The van der Waals surface area contributed by atoms with Gasteiger partial charge in [-0.15, -0.1) is 12.4 Å². The van der Waals surface area contributed by atoms with Crippen molar-refractivity contribution in [1.29, 1.82) is 0 Å². The van der Waals surface area contributed by atoms with Crippen LogP contribution < -0.4 is 5.32 Å². The lowest BCUT2D eigenvalue weighted by atomic mass is 9.94. The summed E-state index contributed by atoms with van der Waals surface area (Å²) in [4.78, 5) is 11.4. The van der Waals surface area contributed by atoms with Gasteiger partial charge in [0.1, 0.15) is 0 Å². The Morgan fingerprint density at radius 3 is 2.32 bits per heavy atom. The van der Waals surface area contributed by atoms with E-state index in [1.54, 1.807) is 6.92 Å². The van der Waals surface area contributed by atoms with Crippen molar-refractivity contribution in [2.24, 2.45) is 0 Å². The van der Waals surface area contributed by atoms with Crippen molar-refractivity contribution in [2.45, 2.75) is 39.5 Å². The normalized spacial score (nSPS) is 12.2. The molecule has 1 aromatic carbocycles. The molecule has 0 aliphatic rings. The highest BCUT2D eigenvalue weighted by Crippen LogP contribution is 2.20. The fourth-order valence-electron chi connectivity index (χ4n) is 1.74. The number of nitrogens with one attached hydrogen (secondary N) is 1. The zero-order valence-corrected chi connectivity index (χ0v) is 12.7. The number of benzene rings is 1. The second-order valence-corrected chi connectivity index (χ2v) is 4.96.